The van der Waals surface area contributed by atoms with E-state index in [9.17, 15) is 4.79 Å². The fourth-order valence-corrected chi connectivity index (χ4v) is 4.58. The highest BCUT2D eigenvalue weighted by Gasteiger charge is 2.22. The Hall–Kier alpha value is -0.910. The van der Waals surface area contributed by atoms with Crippen molar-refractivity contribution in [2.45, 2.75) is 69.1 Å². The lowest BCUT2D eigenvalue weighted by Gasteiger charge is -2.30. The molecule has 0 bridgehead atoms. The highest BCUT2D eigenvalue weighted by Crippen LogP contribution is 2.27. The molecule has 0 saturated heterocycles. The van der Waals surface area contributed by atoms with Crippen molar-refractivity contribution in [3.05, 3.63) is 0 Å². The molecule has 2 aliphatic rings. The summed E-state index contributed by atoms with van der Waals surface area (Å²) in [6, 6.07) is 0.471. The maximum absolute atomic E-state index is 11.9. The van der Waals surface area contributed by atoms with Crippen molar-refractivity contribution in [1.29, 1.82) is 0 Å². The highest BCUT2D eigenvalue weighted by atomic mass is 32.2. The van der Waals surface area contributed by atoms with E-state index in [1.54, 1.807) is 19.0 Å². The first-order valence-corrected chi connectivity index (χ1v) is 11.1. The van der Waals surface area contributed by atoms with E-state index in [1.807, 2.05) is 11.8 Å². The number of guanidine groups is 1. The molecule has 2 fully saturated rings. The van der Waals surface area contributed by atoms with Crippen LogP contribution in [0.25, 0.3) is 0 Å². The van der Waals surface area contributed by atoms with Gasteiger partial charge in [0, 0.05) is 31.9 Å². The van der Waals surface area contributed by atoms with Gasteiger partial charge in [0.25, 0.3) is 0 Å². The van der Waals surface area contributed by atoms with Crippen LogP contribution in [0.3, 0.4) is 0 Å². The van der Waals surface area contributed by atoms with Gasteiger partial charge in [-0.1, -0.05) is 25.7 Å². The maximum atomic E-state index is 11.9. The van der Waals surface area contributed by atoms with E-state index in [0.29, 0.717) is 6.04 Å². The van der Waals surface area contributed by atoms with E-state index in [-0.39, 0.29) is 12.5 Å². The number of amides is 1. The lowest BCUT2D eigenvalue weighted by molar-refractivity contribution is -0.127. The second-order valence-electron chi connectivity index (χ2n) is 7.70. The summed E-state index contributed by atoms with van der Waals surface area (Å²) in [5.74, 6) is 1.62. The summed E-state index contributed by atoms with van der Waals surface area (Å²) in [4.78, 5) is 18.1. The van der Waals surface area contributed by atoms with E-state index < -0.39 is 0 Å². The van der Waals surface area contributed by atoms with Gasteiger partial charge in [-0.3, -0.25) is 4.79 Å². The average Bonchev–Trinajstić information content (AvgIpc) is 2.64. The van der Waals surface area contributed by atoms with Gasteiger partial charge in [-0.2, -0.15) is 11.8 Å². The molecule has 2 N–H and O–H groups in total. The Morgan fingerprint density at radius 1 is 1.12 bits per heavy atom. The van der Waals surface area contributed by atoms with Crippen molar-refractivity contribution in [2.24, 2.45) is 10.9 Å². The number of aliphatic imine (C=N–C) groups is 1. The SMILES string of the molecule is CSC1CCCC(NC(=NCC(=O)N(C)C)NCC2CCCCC2)C1. The zero-order valence-corrected chi connectivity index (χ0v) is 17.0. The summed E-state index contributed by atoms with van der Waals surface area (Å²) in [5.41, 5.74) is 0. The van der Waals surface area contributed by atoms with Crippen LogP contribution in [-0.2, 0) is 4.79 Å². The molecule has 0 aliphatic heterocycles. The summed E-state index contributed by atoms with van der Waals surface area (Å²) in [7, 11) is 3.56. The Morgan fingerprint density at radius 2 is 1.88 bits per heavy atom. The number of carbonyl (C=O) groups excluding carboxylic acids is 1. The molecule has 2 unspecified atom stereocenters. The van der Waals surface area contributed by atoms with Crippen LogP contribution in [0, 0.1) is 5.92 Å². The van der Waals surface area contributed by atoms with Gasteiger partial charge in [-0.15, -0.1) is 0 Å². The number of nitrogens with zero attached hydrogens (tertiary/aromatic N) is 2. The third kappa shape index (κ3) is 7.47. The largest absolute Gasteiger partial charge is 0.356 e. The van der Waals surface area contributed by atoms with E-state index in [1.165, 1.54) is 57.8 Å². The first-order chi connectivity index (χ1) is 12.1. The normalized spacial score (nSPS) is 25.5. The van der Waals surface area contributed by atoms with Crippen LogP contribution in [-0.4, -0.2) is 61.5 Å². The zero-order chi connectivity index (χ0) is 18.1. The molecule has 144 valence electrons. The molecule has 2 rings (SSSR count). The number of rotatable bonds is 6. The fraction of sp³-hybridized carbons (Fsp3) is 0.895. The van der Waals surface area contributed by atoms with Crippen molar-refractivity contribution < 1.29 is 4.79 Å². The van der Waals surface area contributed by atoms with Crippen LogP contribution >= 0.6 is 11.8 Å². The number of hydrogen-bond donors (Lipinski definition) is 2. The molecule has 0 heterocycles. The molecule has 6 heteroatoms. The summed E-state index contributed by atoms with van der Waals surface area (Å²) in [6.45, 7) is 1.19. The Balaban J connectivity index is 1.90. The standard InChI is InChI=1S/C19H36N4OS/c1-23(2)18(24)14-21-19(20-13-15-8-5-4-6-9-15)22-16-10-7-11-17(12-16)25-3/h15-17H,4-14H2,1-3H3,(H2,20,21,22). The molecule has 0 radical (unpaired) electrons. The first-order valence-electron chi connectivity index (χ1n) is 9.86. The van der Waals surface area contributed by atoms with E-state index in [0.717, 1.165) is 23.7 Å². The summed E-state index contributed by atoms with van der Waals surface area (Å²) in [5, 5.41) is 7.88. The van der Waals surface area contributed by atoms with Crippen LogP contribution in [0.2, 0.25) is 0 Å². The molecule has 2 saturated carbocycles. The summed E-state index contributed by atoms with van der Waals surface area (Å²) >= 11 is 1.97. The van der Waals surface area contributed by atoms with Crippen LogP contribution in [0.15, 0.2) is 4.99 Å². The number of carbonyl (C=O) groups is 1. The van der Waals surface area contributed by atoms with Gasteiger partial charge in [0.15, 0.2) is 5.96 Å². The molecule has 0 aromatic rings. The Kier molecular flexibility index (Phi) is 8.93. The molecule has 2 atom stereocenters. The number of likely N-dealkylation sites (N-methyl/N-ethyl adjacent to an activating group) is 1. The second-order valence-corrected chi connectivity index (χ2v) is 8.84. The van der Waals surface area contributed by atoms with E-state index >= 15 is 0 Å². The van der Waals surface area contributed by atoms with Crippen LogP contribution in [0.1, 0.15) is 57.8 Å². The monoisotopic (exact) mass is 368 g/mol. The quantitative estimate of drug-likeness (QED) is 0.559. The lowest BCUT2D eigenvalue weighted by Crippen LogP contribution is -2.47. The summed E-state index contributed by atoms with van der Waals surface area (Å²) < 4.78 is 0. The molecular formula is C19H36N4OS. The lowest BCUT2D eigenvalue weighted by atomic mass is 9.89. The minimum absolute atomic E-state index is 0.0457. The van der Waals surface area contributed by atoms with Crippen LogP contribution < -0.4 is 10.6 Å². The Morgan fingerprint density at radius 3 is 2.56 bits per heavy atom. The van der Waals surface area contributed by atoms with Gasteiger partial charge in [-0.25, -0.2) is 4.99 Å². The molecule has 1 amide bonds. The average molecular weight is 369 g/mol. The van der Waals surface area contributed by atoms with Gasteiger partial charge in [0.05, 0.1) is 0 Å². The van der Waals surface area contributed by atoms with Crippen molar-refractivity contribution in [3.8, 4) is 0 Å². The third-order valence-corrected chi connectivity index (χ3v) is 6.55. The predicted octanol–water partition coefficient (Wildman–Crippen LogP) is 2.86. The second kappa shape index (κ2) is 10.9. The van der Waals surface area contributed by atoms with Crippen molar-refractivity contribution in [1.82, 2.24) is 15.5 Å². The van der Waals surface area contributed by atoms with Gasteiger partial charge < -0.3 is 15.5 Å². The molecule has 25 heavy (non-hydrogen) atoms. The fourth-order valence-electron chi connectivity index (χ4n) is 3.76. The highest BCUT2D eigenvalue weighted by molar-refractivity contribution is 7.99. The molecule has 2 aliphatic carbocycles. The molecule has 0 aromatic heterocycles. The van der Waals surface area contributed by atoms with E-state index in [4.69, 9.17) is 0 Å². The number of hydrogen-bond acceptors (Lipinski definition) is 3. The Bertz CT molecular complexity index is 435. The molecule has 0 spiro atoms. The minimum atomic E-state index is 0.0457. The van der Waals surface area contributed by atoms with Gasteiger partial charge in [0.1, 0.15) is 6.54 Å². The predicted molar refractivity (Wildman–Crippen MR) is 108 cm³/mol. The zero-order valence-electron chi connectivity index (χ0n) is 16.2. The maximum Gasteiger partial charge on any atom is 0.243 e. The molecular weight excluding hydrogens is 332 g/mol. The van der Waals surface area contributed by atoms with Gasteiger partial charge >= 0.3 is 0 Å². The van der Waals surface area contributed by atoms with Crippen LogP contribution in [0.4, 0.5) is 0 Å². The van der Waals surface area contributed by atoms with E-state index in [2.05, 4.69) is 21.9 Å². The van der Waals surface area contributed by atoms with Crippen molar-refractivity contribution in [3.63, 3.8) is 0 Å². The van der Waals surface area contributed by atoms with Crippen molar-refractivity contribution in [2.75, 3.05) is 33.4 Å². The smallest absolute Gasteiger partial charge is 0.243 e. The topological polar surface area (TPSA) is 56.7 Å². The third-order valence-electron chi connectivity index (χ3n) is 5.45. The first kappa shape index (κ1) is 20.4. The minimum Gasteiger partial charge on any atom is -0.356 e. The van der Waals surface area contributed by atoms with Crippen molar-refractivity contribution >= 4 is 23.6 Å². The van der Waals surface area contributed by atoms with Crippen LogP contribution in [0.5, 0.6) is 0 Å². The summed E-state index contributed by atoms with van der Waals surface area (Å²) in [6.07, 6.45) is 13.9. The number of thioether (sulfide) groups is 1. The molecule has 5 nitrogen and oxygen atoms in total. The Labute approximate surface area is 157 Å². The number of nitrogens with one attached hydrogen (secondary N) is 2. The van der Waals surface area contributed by atoms with Gasteiger partial charge in [-0.05, 0) is 44.3 Å². The molecule has 0 aromatic carbocycles. The van der Waals surface area contributed by atoms with Gasteiger partial charge in [0.2, 0.25) is 5.91 Å².